The van der Waals surface area contributed by atoms with Crippen molar-refractivity contribution in [2.75, 3.05) is 19.7 Å². The second-order valence-electron chi connectivity index (χ2n) is 4.49. The highest BCUT2D eigenvalue weighted by Gasteiger charge is 2.30. The molecule has 1 aromatic rings. The Bertz CT molecular complexity index is 323. The van der Waals surface area contributed by atoms with Gasteiger partial charge in [0.2, 0.25) is 0 Å². The molecule has 2 nitrogen and oxygen atoms in total. The average molecular weight is 239 g/mol. The summed E-state index contributed by atoms with van der Waals surface area (Å²) in [5.74, 6) is 0.657. The Morgan fingerprint density at radius 1 is 1.50 bits per heavy atom. The van der Waals surface area contributed by atoms with Gasteiger partial charge < -0.3 is 10.1 Å². The molecule has 0 aliphatic carbocycles. The van der Waals surface area contributed by atoms with E-state index in [1.54, 1.807) is 0 Å². The van der Waals surface area contributed by atoms with Crippen molar-refractivity contribution < 1.29 is 4.74 Å². The maximum Gasteiger partial charge on any atom is 0.0957 e. The summed E-state index contributed by atoms with van der Waals surface area (Å²) in [6.45, 7) is 7.49. The Labute approximate surface area is 102 Å². The smallest absolute Gasteiger partial charge is 0.0957 e. The lowest BCUT2D eigenvalue weighted by molar-refractivity contribution is 0.0934. The Morgan fingerprint density at radius 3 is 3.06 bits per heavy atom. The van der Waals surface area contributed by atoms with Crippen LogP contribution in [-0.4, -0.2) is 19.7 Å². The normalized spacial score (nSPS) is 25.1. The number of hydrogen-bond acceptors (Lipinski definition) is 3. The van der Waals surface area contributed by atoms with Crippen LogP contribution in [0, 0.1) is 12.8 Å². The van der Waals surface area contributed by atoms with Crippen LogP contribution >= 0.6 is 11.3 Å². The van der Waals surface area contributed by atoms with E-state index in [1.807, 2.05) is 11.3 Å². The van der Waals surface area contributed by atoms with E-state index in [2.05, 4.69) is 31.3 Å². The molecule has 2 unspecified atom stereocenters. The summed E-state index contributed by atoms with van der Waals surface area (Å²) in [5, 5.41) is 3.51. The molecule has 0 radical (unpaired) electrons. The molecule has 0 saturated carbocycles. The molecule has 0 bridgehead atoms. The molecule has 0 amide bonds. The second-order valence-corrected chi connectivity index (χ2v) is 5.81. The van der Waals surface area contributed by atoms with E-state index in [9.17, 15) is 0 Å². The van der Waals surface area contributed by atoms with Crippen molar-refractivity contribution in [2.45, 2.75) is 32.8 Å². The van der Waals surface area contributed by atoms with Gasteiger partial charge in [-0.25, -0.2) is 0 Å². The highest BCUT2D eigenvalue weighted by atomic mass is 32.1. The lowest BCUT2D eigenvalue weighted by Crippen LogP contribution is -2.25. The molecule has 90 valence electrons. The molecule has 1 saturated heterocycles. The largest absolute Gasteiger partial charge is 0.372 e. The fourth-order valence-electron chi connectivity index (χ4n) is 2.23. The van der Waals surface area contributed by atoms with Gasteiger partial charge in [0.05, 0.1) is 6.10 Å². The summed E-state index contributed by atoms with van der Waals surface area (Å²) in [7, 11) is 0. The molecule has 1 aliphatic heterocycles. The van der Waals surface area contributed by atoms with Gasteiger partial charge in [0.25, 0.3) is 0 Å². The molecule has 1 N–H and O–H groups in total. The first-order valence-electron chi connectivity index (χ1n) is 6.20. The first kappa shape index (κ1) is 12.1. The molecule has 1 aliphatic rings. The minimum atomic E-state index is 0.336. The maximum atomic E-state index is 5.87. The number of aryl methyl sites for hydroxylation is 1. The van der Waals surface area contributed by atoms with E-state index in [1.165, 1.54) is 22.6 Å². The third-order valence-electron chi connectivity index (χ3n) is 3.09. The highest BCUT2D eigenvalue weighted by molar-refractivity contribution is 7.12. The van der Waals surface area contributed by atoms with Gasteiger partial charge in [-0.2, -0.15) is 0 Å². The van der Waals surface area contributed by atoms with Crippen LogP contribution in [0.25, 0.3) is 0 Å². The van der Waals surface area contributed by atoms with Gasteiger partial charge in [-0.05, 0) is 38.4 Å². The molecule has 1 fully saturated rings. The van der Waals surface area contributed by atoms with Gasteiger partial charge in [-0.1, -0.05) is 6.92 Å². The van der Waals surface area contributed by atoms with Crippen LogP contribution in [0.5, 0.6) is 0 Å². The van der Waals surface area contributed by atoms with Gasteiger partial charge in [0.1, 0.15) is 0 Å². The number of hydrogen-bond donors (Lipinski definition) is 1. The van der Waals surface area contributed by atoms with Crippen LogP contribution in [0.2, 0.25) is 0 Å². The topological polar surface area (TPSA) is 21.3 Å². The van der Waals surface area contributed by atoms with Crippen LogP contribution in [-0.2, 0) is 4.74 Å². The van der Waals surface area contributed by atoms with Gasteiger partial charge in [-0.15, -0.1) is 11.3 Å². The summed E-state index contributed by atoms with van der Waals surface area (Å²) in [5.41, 5.74) is 0. The first-order chi connectivity index (χ1) is 7.81. The van der Waals surface area contributed by atoms with Crippen LogP contribution < -0.4 is 5.32 Å². The predicted molar refractivity (Wildman–Crippen MR) is 69.0 cm³/mol. The predicted octanol–water partition coefficient (Wildman–Crippen LogP) is 3.13. The summed E-state index contributed by atoms with van der Waals surface area (Å²) < 4.78 is 5.87. The Balaban J connectivity index is 1.92. The van der Waals surface area contributed by atoms with E-state index in [-0.39, 0.29) is 0 Å². The zero-order chi connectivity index (χ0) is 11.4. The molecule has 16 heavy (non-hydrogen) atoms. The van der Waals surface area contributed by atoms with Crippen molar-refractivity contribution in [2.24, 2.45) is 5.92 Å². The molecule has 2 rings (SSSR count). The first-order valence-corrected chi connectivity index (χ1v) is 7.01. The van der Waals surface area contributed by atoms with Crippen molar-refractivity contribution in [3.63, 3.8) is 0 Å². The standard InChI is InChI=1S/C13H21NOS/c1-3-7-14-9-11-6-8-15-13(11)12-5-4-10(2)16-12/h4-5,11,13-14H,3,6-9H2,1-2H3. The molecule has 0 aromatic carbocycles. The summed E-state index contributed by atoms with van der Waals surface area (Å²) >= 11 is 1.88. The quantitative estimate of drug-likeness (QED) is 0.797. The minimum absolute atomic E-state index is 0.336. The molecule has 0 spiro atoms. The average Bonchev–Trinajstić information content (AvgIpc) is 2.87. The number of rotatable bonds is 5. The van der Waals surface area contributed by atoms with E-state index < -0.39 is 0 Å². The fraction of sp³-hybridized carbons (Fsp3) is 0.692. The zero-order valence-corrected chi connectivity index (χ0v) is 11.0. The van der Waals surface area contributed by atoms with Crippen molar-refractivity contribution in [3.05, 3.63) is 21.9 Å². The molecular formula is C13H21NOS. The van der Waals surface area contributed by atoms with E-state index in [4.69, 9.17) is 4.74 Å². The van der Waals surface area contributed by atoms with Crippen LogP contribution in [0.15, 0.2) is 12.1 Å². The number of ether oxygens (including phenoxy) is 1. The van der Waals surface area contributed by atoms with E-state index in [0.717, 1.165) is 19.7 Å². The van der Waals surface area contributed by atoms with E-state index >= 15 is 0 Å². The monoisotopic (exact) mass is 239 g/mol. The van der Waals surface area contributed by atoms with Gasteiger partial charge in [0, 0.05) is 28.8 Å². The van der Waals surface area contributed by atoms with Crippen molar-refractivity contribution in [1.82, 2.24) is 5.32 Å². The minimum Gasteiger partial charge on any atom is -0.372 e. The Hall–Kier alpha value is -0.380. The van der Waals surface area contributed by atoms with Crippen LogP contribution in [0.4, 0.5) is 0 Å². The van der Waals surface area contributed by atoms with Crippen LogP contribution in [0.1, 0.15) is 35.6 Å². The highest BCUT2D eigenvalue weighted by Crippen LogP contribution is 2.37. The van der Waals surface area contributed by atoms with Crippen molar-refractivity contribution >= 4 is 11.3 Å². The molecular weight excluding hydrogens is 218 g/mol. The molecule has 3 heteroatoms. The van der Waals surface area contributed by atoms with Crippen LogP contribution in [0.3, 0.4) is 0 Å². The Morgan fingerprint density at radius 2 is 2.38 bits per heavy atom. The van der Waals surface area contributed by atoms with Crippen molar-refractivity contribution in [1.29, 1.82) is 0 Å². The number of thiophene rings is 1. The summed E-state index contributed by atoms with van der Waals surface area (Å²) in [6, 6.07) is 4.42. The lowest BCUT2D eigenvalue weighted by Gasteiger charge is -2.17. The van der Waals surface area contributed by atoms with Gasteiger partial charge >= 0.3 is 0 Å². The van der Waals surface area contributed by atoms with E-state index in [0.29, 0.717) is 12.0 Å². The number of nitrogens with one attached hydrogen (secondary N) is 1. The molecule has 2 heterocycles. The maximum absolute atomic E-state index is 5.87. The van der Waals surface area contributed by atoms with Gasteiger partial charge in [0.15, 0.2) is 0 Å². The second kappa shape index (κ2) is 5.80. The SMILES string of the molecule is CCCNCC1CCOC1c1ccc(C)s1. The summed E-state index contributed by atoms with van der Waals surface area (Å²) in [6.07, 6.45) is 2.73. The van der Waals surface area contributed by atoms with Crippen molar-refractivity contribution in [3.8, 4) is 0 Å². The lowest BCUT2D eigenvalue weighted by atomic mass is 10.0. The molecule has 2 atom stereocenters. The fourth-order valence-corrected chi connectivity index (χ4v) is 3.25. The molecule has 1 aromatic heterocycles. The van der Waals surface area contributed by atoms with Gasteiger partial charge in [-0.3, -0.25) is 0 Å². The third-order valence-corrected chi connectivity index (χ3v) is 4.15. The Kier molecular flexibility index (Phi) is 4.38. The summed E-state index contributed by atoms with van der Waals surface area (Å²) in [4.78, 5) is 2.78. The third kappa shape index (κ3) is 2.84. The zero-order valence-electron chi connectivity index (χ0n) is 10.2.